The third-order valence-corrected chi connectivity index (χ3v) is 5.60. The molecule has 21 heavy (non-hydrogen) atoms. The van der Waals surface area contributed by atoms with Crippen LogP contribution in [0.2, 0.25) is 0 Å². The Labute approximate surface area is 129 Å². The van der Waals surface area contributed by atoms with E-state index >= 15 is 0 Å². The van der Waals surface area contributed by atoms with E-state index in [1.54, 1.807) is 0 Å². The molecule has 3 rings (SSSR count). The molecule has 0 heterocycles. The number of Topliss-reactive ketones (excluding diaryl/α,β-unsaturated/α-hetero) is 1. The van der Waals surface area contributed by atoms with Gasteiger partial charge in [0.1, 0.15) is 5.78 Å². The average molecular weight is 284 g/mol. The first-order chi connectivity index (χ1) is 9.91. The topological polar surface area (TPSA) is 17.1 Å². The Balaban J connectivity index is 1.55. The molecule has 114 valence electrons. The van der Waals surface area contributed by atoms with Crippen LogP contribution < -0.4 is 0 Å². The molecule has 0 radical (unpaired) electrons. The van der Waals surface area contributed by atoms with Gasteiger partial charge in [-0.3, -0.25) is 4.79 Å². The Morgan fingerprint density at radius 2 is 1.81 bits per heavy atom. The van der Waals surface area contributed by atoms with Crippen molar-refractivity contribution in [2.24, 2.45) is 17.8 Å². The van der Waals surface area contributed by atoms with Crippen LogP contribution in [0.1, 0.15) is 64.0 Å². The average Bonchev–Trinajstić information content (AvgIpc) is 3.00. The van der Waals surface area contributed by atoms with Gasteiger partial charge >= 0.3 is 0 Å². The molecule has 2 aliphatic rings. The number of hydrogen-bond acceptors (Lipinski definition) is 1. The van der Waals surface area contributed by atoms with E-state index in [1.165, 1.54) is 36.8 Å². The summed E-state index contributed by atoms with van der Waals surface area (Å²) in [4.78, 5) is 12.3. The quantitative estimate of drug-likeness (QED) is 0.767. The van der Waals surface area contributed by atoms with E-state index in [9.17, 15) is 4.79 Å². The highest BCUT2D eigenvalue weighted by molar-refractivity contribution is 5.81. The van der Waals surface area contributed by atoms with Gasteiger partial charge in [0.2, 0.25) is 0 Å². The Kier molecular flexibility index (Phi) is 3.94. The minimum atomic E-state index is 0.186. The molecule has 3 unspecified atom stereocenters. The molecule has 0 spiro atoms. The van der Waals surface area contributed by atoms with Gasteiger partial charge in [-0.05, 0) is 53.6 Å². The molecule has 3 atom stereocenters. The van der Waals surface area contributed by atoms with Gasteiger partial charge in [-0.15, -0.1) is 0 Å². The fraction of sp³-hybridized carbons (Fsp3) is 0.650. The Morgan fingerprint density at radius 3 is 2.33 bits per heavy atom. The van der Waals surface area contributed by atoms with E-state index < -0.39 is 0 Å². The second-order valence-electron chi connectivity index (χ2n) is 8.30. The van der Waals surface area contributed by atoms with E-state index in [0.717, 1.165) is 18.3 Å². The van der Waals surface area contributed by atoms with Gasteiger partial charge in [-0.1, -0.05) is 51.5 Å². The lowest BCUT2D eigenvalue weighted by Crippen LogP contribution is -2.16. The third kappa shape index (κ3) is 3.39. The third-order valence-electron chi connectivity index (χ3n) is 5.60. The van der Waals surface area contributed by atoms with Crippen molar-refractivity contribution in [1.29, 1.82) is 0 Å². The van der Waals surface area contributed by atoms with Gasteiger partial charge < -0.3 is 0 Å². The zero-order valence-electron chi connectivity index (χ0n) is 13.7. The number of ketones is 1. The molecule has 2 saturated carbocycles. The van der Waals surface area contributed by atoms with Crippen molar-refractivity contribution in [3.05, 3.63) is 35.4 Å². The number of carbonyl (C=O) groups excluding carboxylic acids is 1. The maximum absolute atomic E-state index is 12.3. The predicted molar refractivity (Wildman–Crippen MR) is 87.4 cm³/mol. The summed E-state index contributed by atoms with van der Waals surface area (Å²) in [6, 6.07) is 8.64. The molecular weight excluding hydrogens is 256 g/mol. The first-order valence-electron chi connectivity index (χ1n) is 8.53. The van der Waals surface area contributed by atoms with E-state index in [4.69, 9.17) is 0 Å². The molecule has 2 fully saturated rings. The molecule has 2 aliphatic carbocycles. The minimum absolute atomic E-state index is 0.186. The summed E-state index contributed by atoms with van der Waals surface area (Å²) in [5.41, 5.74) is 2.70. The van der Waals surface area contributed by atoms with Crippen LogP contribution in [0.4, 0.5) is 0 Å². The summed E-state index contributed by atoms with van der Waals surface area (Å²) >= 11 is 0. The van der Waals surface area contributed by atoms with Gasteiger partial charge in [0.25, 0.3) is 0 Å². The van der Waals surface area contributed by atoms with Crippen molar-refractivity contribution in [2.75, 3.05) is 0 Å². The summed E-state index contributed by atoms with van der Waals surface area (Å²) in [5.74, 6) is 2.95. The zero-order chi connectivity index (χ0) is 15.0. The monoisotopic (exact) mass is 284 g/mol. The number of benzene rings is 1. The SMILES string of the molecule is CC(C)(C)c1ccc(CC(=O)CC2CC3CCC2C3)cc1. The molecule has 1 aromatic carbocycles. The van der Waals surface area contributed by atoms with E-state index in [0.29, 0.717) is 18.1 Å². The summed E-state index contributed by atoms with van der Waals surface area (Å²) in [6.45, 7) is 6.67. The fourth-order valence-corrected chi connectivity index (χ4v) is 4.34. The van der Waals surface area contributed by atoms with E-state index in [1.807, 2.05) is 0 Å². The van der Waals surface area contributed by atoms with Crippen molar-refractivity contribution in [1.82, 2.24) is 0 Å². The number of hydrogen-bond donors (Lipinski definition) is 0. The number of rotatable bonds is 4. The van der Waals surface area contributed by atoms with Crippen LogP contribution in [-0.4, -0.2) is 5.78 Å². The molecular formula is C20H28O. The summed E-state index contributed by atoms with van der Waals surface area (Å²) < 4.78 is 0. The Morgan fingerprint density at radius 1 is 1.10 bits per heavy atom. The Hall–Kier alpha value is -1.11. The van der Waals surface area contributed by atoms with Crippen LogP contribution >= 0.6 is 0 Å². The highest BCUT2D eigenvalue weighted by Crippen LogP contribution is 2.49. The van der Waals surface area contributed by atoms with Crippen LogP contribution in [-0.2, 0) is 16.6 Å². The second kappa shape index (κ2) is 5.59. The van der Waals surface area contributed by atoms with Crippen molar-refractivity contribution in [3.63, 3.8) is 0 Å². The maximum atomic E-state index is 12.3. The molecule has 0 aliphatic heterocycles. The largest absolute Gasteiger partial charge is 0.299 e. The van der Waals surface area contributed by atoms with E-state index in [2.05, 4.69) is 45.0 Å². The molecule has 0 aromatic heterocycles. The molecule has 1 aromatic rings. The molecule has 0 saturated heterocycles. The van der Waals surface area contributed by atoms with Gasteiger partial charge in [-0.25, -0.2) is 0 Å². The second-order valence-corrected chi connectivity index (χ2v) is 8.30. The number of carbonyl (C=O) groups is 1. The smallest absolute Gasteiger partial charge is 0.137 e. The normalized spacial score (nSPS) is 28.0. The summed E-state index contributed by atoms with van der Waals surface area (Å²) in [6.07, 6.45) is 6.96. The van der Waals surface area contributed by atoms with Gasteiger partial charge in [0.15, 0.2) is 0 Å². The maximum Gasteiger partial charge on any atom is 0.137 e. The van der Waals surface area contributed by atoms with Crippen molar-refractivity contribution < 1.29 is 4.79 Å². The lowest BCUT2D eigenvalue weighted by molar-refractivity contribution is -0.119. The van der Waals surface area contributed by atoms with Gasteiger partial charge in [-0.2, -0.15) is 0 Å². The first-order valence-corrected chi connectivity index (χ1v) is 8.53. The molecule has 2 bridgehead atoms. The van der Waals surface area contributed by atoms with Crippen LogP contribution in [0.3, 0.4) is 0 Å². The first kappa shape index (κ1) is 14.8. The summed E-state index contributed by atoms with van der Waals surface area (Å²) in [5, 5.41) is 0. The van der Waals surface area contributed by atoms with Crippen LogP contribution in [0.5, 0.6) is 0 Å². The Bertz CT molecular complexity index is 506. The van der Waals surface area contributed by atoms with Crippen molar-refractivity contribution >= 4 is 5.78 Å². The highest BCUT2D eigenvalue weighted by Gasteiger charge is 2.39. The summed E-state index contributed by atoms with van der Waals surface area (Å²) in [7, 11) is 0. The minimum Gasteiger partial charge on any atom is -0.299 e. The standard InChI is InChI=1S/C20H28O/c1-20(2,3)18-8-5-14(6-9-18)12-19(21)13-17-11-15-4-7-16(17)10-15/h5-6,8-9,15-17H,4,7,10-13H2,1-3H3. The highest BCUT2D eigenvalue weighted by atomic mass is 16.1. The lowest BCUT2D eigenvalue weighted by Gasteiger charge is -2.21. The molecule has 0 amide bonds. The zero-order valence-corrected chi connectivity index (χ0v) is 13.7. The molecule has 0 N–H and O–H groups in total. The van der Waals surface area contributed by atoms with Gasteiger partial charge in [0, 0.05) is 12.8 Å². The fourth-order valence-electron chi connectivity index (χ4n) is 4.34. The predicted octanol–water partition coefficient (Wildman–Crippen LogP) is 4.92. The van der Waals surface area contributed by atoms with Crippen molar-refractivity contribution in [2.45, 2.75) is 64.7 Å². The number of fused-ring (bicyclic) bond motifs is 2. The molecule has 1 heteroatoms. The van der Waals surface area contributed by atoms with Crippen molar-refractivity contribution in [3.8, 4) is 0 Å². The lowest BCUT2D eigenvalue weighted by atomic mass is 9.84. The van der Waals surface area contributed by atoms with Gasteiger partial charge in [0.05, 0.1) is 0 Å². The van der Waals surface area contributed by atoms with E-state index in [-0.39, 0.29) is 5.41 Å². The molecule has 1 nitrogen and oxygen atoms in total. The van der Waals surface area contributed by atoms with Crippen LogP contribution in [0.25, 0.3) is 0 Å². The van der Waals surface area contributed by atoms with Crippen LogP contribution in [0, 0.1) is 17.8 Å². The van der Waals surface area contributed by atoms with Crippen LogP contribution in [0.15, 0.2) is 24.3 Å².